The smallest absolute Gasteiger partial charge is 0.337 e. The summed E-state index contributed by atoms with van der Waals surface area (Å²) >= 11 is 0. The molecule has 0 radical (unpaired) electrons. The first-order valence-corrected chi connectivity index (χ1v) is 6.57. The summed E-state index contributed by atoms with van der Waals surface area (Å²) in [6.45, 7) is 5.45. The van der Waals surface area contributed by atoms with E-state index in [0.717, 1.165) is 11.3 Å². The van der Waals surface area contributed by atoms with Crippen LogP contribution < -0.4 is 5.32 Å². The molecular formula is C14H17N3O3. The predicted molar refractivity (Wildman–Crippen MR) is 70.6 cm³/mol. The zero-order valence-electron chi connectivity index (χ0n) is 12.0. The molecule has 1 aromatic rings. The summed E-state index contributed by atoms with van der Waals surface area (Å²) in [4.78, 5) is 24.1. The van der Waals surface area contributed by atoms with E-state index in [1.165, 1.54) is 0 Å². The molecular weight excluding hydrogens is 258 g/mol. The van der Waals surface area contributed by atoms with Gasteiger partial charge < -0.3 is 10.1 Å². The topological polar surface area (TPSA) is 73.2 Å². The van der Waals surface area contributed by atoms with E-state index >= 15 is 0 Å². The molecule has 0 spiro atoms. The number of nitrogens with zero attached hydrogens (tertiary/aromatic N) is 2. The fourth-order valence-electron chi connectivity index (χ4n) is 3.00. The number of carbonyl (C=O) groups excluding carboxylic acids is 2. The Balaban J connectivity index is 2.16. The highest BCUT2D eigenvalue weighted by atomic mass is 16.6. The quantitative estimate of drug-likeness (QED) is 0.774. The summed E-state index contributed by atoms with van der Waals surface area (Å²) < 4.78 is 7.08. The van der Waals surface area contributed by atoms with E-state index in [4.69, 9.17) is 4.74 Å². The van der Waals surface area contributed by atoms with Gasteiger partial charge in [-0.05, 0) is 20.8 Å². The van der Waals surface area contributed by atoms with Crippen LogP contribution in [0.4, 0.5) is 0 Å². The van der Waals surface area contributed by atoms with Gasteiger partial charge in [0.25, 0.3) is 0 Å². The SMILES string of the molecule is Cc1nn(C)cc1[C@H]1CC(=O)NC2=C1C(=O)OC2(C)C. The lowest BCUT2D eigenvalue weighted by Crippen LogP contribution is -2.38. The van der Waals surface area contributed by atoms with E-state index in [1.807, 2.05) is 20.2 Å². The maximum absolute atomic E-state index is 12.2. The van der Waals surface area contributed by atoms with Gasteiger partial charge in [0, 0.05) is 31.1 Å². The standard InChI is InChI=1S/C14H17N3O3/c1-7-9(6-17(4)16-7)8-5-10(18)15-12-11(8)13(19)20-14(12,2)3/h6,8H,5H2,1-4H3,(H,15,18)/t8-/m1/s1. The van der Waals surface area contributed by atoms with Crippen LogP contribution in [-0.4, -0.2) is 27.3 Å². The molecule has 1 N–H and O–H groups in total. The van der Waals surface area contributed by atoms with E-state index in [9.17, 15) is 9.59 Å². The van der Waals surface area contributed by atoms with Crippen molar-refractivity contribution < 1.29 is 14.3 Å². The zero-order chi connectivity index (χ0) is 14.7. The second-order valence-electron chi connectivity index (χ2n) is 5.84. The number of hydrogen-bond acceptors (Lipinski definition) is 4. The highest BCUT2D eigenvalue weighted by molar-refractivity contribution is 5.99. The highest BCUT2D eigenvalue weighted by Gasteiger charge is 2.48. The van der Waals surface area contributed by atoms with Crippen molar-refractivity contribution in [3.05, 3.63) is 28.7 Å². The lowest BCUT2D eigenvalue weighted by atomic mass is 9.83. The second kappa shape index (κ2) is 3.94. The minimum atomic E-state index is -0.781. The molecule has 1 aromatic heterocycles. The predicted octanol–water partition coefficient (Wildman–Crippen LogP) is 0.922. The van der Waals surface area contributed by atoms with Crippen LogP contribution in [0.3, 0.4) is 0 Å². The third-order valence-electron chi connectivity index (χ3n) is 3.87. The molecule has 6 nitrogen and oxygen atoms in total. The van der Waals surface area contributed by atoms with Crippen molar-refractivity contribution >= 4 is 11.9 Å². The van der Waals surface area contributed by atoms with Crippen LogP contribution in [0.2, 0.25) is 0 Å². The van der Waals surface area contributed by atoms with Gasteiger partial charge in [0.05, 0.1) is 17.0 Å². The van der Waals surface area contributed by atoms with Crippen LogP contribution in [0.25, 0.3) is 0 Å². The molecule has 20 heavy (non-hydrogen) atoms. The Morgan fingerprint density at radius 1 is 1.45 bits per heavy atom. The summed E-state index contributed by atoms with van der Waals surface area (Å²) in [5.74, 6) is -0.719. The van der Waals surface area contributed by atoms with E-state index in [0.29, 0.717) is 11.3 Å². The molecule has 0 unspecified atom stereocenters. The molecule has 1 atom stereocenters. The molecule has 3 rings (SSSR count). The van der Waals surface area contributed by atoms with Gasteiger partial charge in [-0.15, -0.1) is 0 Å². The number of carbonyl (C=O) groups is 2. The van der Waals surface area contributed by atoms with Crippen LogP contribution in [0.5, 0.6) is 0 Å². The van der Waals surface area contributed by atoms with E-state index in [1.54, 1.807) is 18.5 Å². The Kier molecular flexibility index (Phi) is 2.54. The van der Waals surface area contributed by atoms with E-state index in [2.05, 4.69) is 10.4 Å². The number of nitrogens with one attached hydrogen (secondary N) is 1. The number of cyclic esters (lactones) is 1. The molecule has 0 fully saturated rings. The lowest BCUT2D eigenvalue weighted by molar-refractivity contribution is -0.144. The normalized spacial score (nSPS) is 24.5. The van der Waals surface area contributed by atoms with Gasteiger partial charge in [0.15, 0.2) is 0 Å². The maximum atomic E-state index is 12.2. The molecule has 0 aromatic carbocycles. The summed E-state index contributed by atoms with van der Waals surface area (Å²) in [7, 11) is 1.82. The first-order valence-electron chi connectivity index (χ1n) is 6.57. The van der Waals surface area contributed by atoms with Crippen LogP contribution >= 0.6 is 0 Å². The van der Waals surface area contributed by atoms with Gasteiger partial charge in [-0.25, -0.2) is 4.79 Å². The minimum Gasteiger partial charge on any atom is -0.450 e. The number of aromatic nitrogens is 2. The highest BCUT2D eigenvalue weighted by Crippen LogP contribution is 2.43. The van der Waals surface area contributed by atoms with Crippen LogP contribution in [0.15, 0.2) is 17.5 Å². The van der Waals surface area contributed by atoms with Crippen molar-refractivity contribution in [3.63, 3.8) is 0 Å². The molecule has 106 valence electrons. The van der Waals surface area contributed by atoms with Gasteiger partial charge in [0.1, 0.15) is 5.60 Å². The van der Waals surface area contributed by atoms with Crippen molar-refractivity contribution in [1.82, 2.24) is 15.1 Å². The van der Waals surface area contributed by atoms with Gasteiger partial charge in [-0.2, -0.15) is 5.10 Å². The maximum Gasteiger partial charge on any atom is 0.337 e. The Morgan fingerprint density at radius 3 is 2.75 bits per heavy atom. The Bertz CT molecular complexity index is 655. The van der Waals surface area contributed by atoms with E-state index in [-0.39, 0.29) is 24.2 Å². The summed E-state index contributed by atoms with van der Waals surface area (Å²) in [5.41, 5.74) is 2.11. The number of hydrogen-bond donors (Lipinski definition) is 1. The molecule has 0 saturated carbocycles. The molecule has 6 heteroatoms. The molecule has 2 aliphatic heterocycles. The second-order valence-corrected chi connectivity index (χ2v) is 5.84. The van der Waals surface area contributed by atoms with Crippen molar-refractivity contribution in [2.24, 2.45) is 7.05 Å². The fraction of sp³-hybridized carbons (Fsp3) is 0.500. The third-order valence-corrected chi connectivity index (χ3v) is 3.87. The third kappa shape index (κ3) is 1.75. The van der Waals surface area contributed by atoms with Crippen molar-refractivity contribution in [2.75, 3.05) is 0 Å². The summed E-state index contributed by atoms with van der Waals surface area (Å²) in [6.07, 6.45) is 2.11. The summed E-state index contributed by atoms with van der Waals surface area (Å²) in [6, 6.07) is 0. The monoisotopic (exact) mass is 275 g/mol. The number of amides is 1. The fourth-order valence-corrected chi connectivity index (χ4v) is 3.00. The average molecular weight is 275 g/mol. The molecule has 3 heterocycles. The van der Waals surface area contributed by atoms with Crippen LogP contribution in [-0.2, 0) is 21.4 Å². The Labute approximate surface area is 116 Å². The lowest BCUT2D eigenvalue weighted by Gasteiger charge is -2.26. The van der Waals surface area contributed by atoms with Crippen molar-refractivity contribution in [2.45, 2.75) is 38.7 Å². The minimum absolute atomic E-state index is 0.0941. The first kappa shape index (κ1) is 12.9. The number of rotatable bonds is 1. The Hall–Kier alpha value is -2.11. The molecule has 2 aliphatic rings. The molecule has 0 aliphatic carbocycles. The number of esters is 1. The largest absolute Gasteiger partial charge is 0.450 e. The number of ether oxygens (including phenoxy) is 1. The van der Waals surface area contributed by atoms with Gasteiger partial charge in [-0.3, -0.25) is 9.48 Å². The van der Waals surface area contributed by atoms with Crippen molar-refractivity contribution in [1.29, 1.82) is 0 Å². The molecule has 1 amide bonds. The Morgan fingerprint density at radius 2 is 2.15 bits per heavy atom. The first-order chi connectivity index (χ1) is 9.29. The van der Waals surface area contributed by atoms with Crippen LogP contribution in [0, 0.1) is 6.92 Å². The van der Waals surface area contributed by atoms with Gasteiger partial charge >= 0.3 is 5.97 Å². The zero-order valence-corrected chi connectivity index (χ0v) is 12.0. The van der Waals surface area contributed by atoms with Crippen LogP contribution in [0.1, 0.15) is 37.4 Å². The average Bonchev–Trinajstić information content (AvgIpc) is 2.76. The van der Waals surface area contributed by atoms with Gasteiger partial charge in [-0.1, -0.05) is 0 Å². The van der Waals surface area contributed by atoms with Gasteiger partial charge in [0.2, 0.25) is 5.91 Å². The van der Waals surface area contributed by atoms with E-state index < -0.39 is 5.60 Å². The summed E-state index contributed by atoms with van der Waals surface area (Å²) in [5, 5.41) is 7.09. The molecule has 0 saturated heterocycles. The number of aryl methyl sites for hydroxylation is 2. The molecule has 0 bridgehead atoms. The van der Waals surface area contributed by atoms with Crippen molar-refractivity contribution in [3.8, 4) is 0 Å².